The third kappa shape index (κ3) is 4.41. The van der Waals surface area contributed by atoms with Crippen LogP contribution in [0, 0.1) is 6.92 Å². The van der Waals surface area contributed by atoms with Gasteiger partial charge in [-0.05, 0) is 45.6 Å². The van der Waals surface area contributed by atoms with E-state index < -0.39 is 5.97 Å². The van der Waals surface area contributed by atoms with Crippen molar-refractivity contribution in [3.8, 4) is 5.75 Å². The molecule has 4 rings (SSSR count). The van der Waals surface area contributed by atoms with E-state index in [1.54, 1.807) is 0 Å². The number of pyridine rings is 1. The third-order valence-electron chi connectivity index (χ3n) is 5.01. The molecule has 1 unspecified atom stereocenters. The van der Waals surface area contributed by atoms with E-state index >= 15 is 0 Å². The van der Waals surface area contributed by atoms with Crippen LogP contribution in [0.5, 0.6) is 5.75 Å². The van der Waals surface area contributed by atoms with Gasteiger partial charge in [0.25, 0.3) is 5.56 Å². The maximum absolute atomic E-state index is 11.7. The van der Waals surface area contributed by atoms with Crippen LogP contribution in [0.3, 0.4) is 0 Å². The quantitative estimate of drug-likeness (QED) is 0.817. The second-order valence-electron chi connectivity index (χ2n) is 6.97. The standard InChI is InChI=1S/C11H13NO4.C8H13N3O/c1-16-8-6-9(13)12-5-3-2-4-7(12)10(8)11(14)15;1-6-10-8(12-11-6)7-4-2-3-5-9-7/h6H,2-5H2,1H3,(H,14,15);7,9H,2-5H2,1H3. The van der Waals surface area contributed by atoms with E-state index in [0.717, 1.165) is 37.5 Å². The van der Waals surface area contributed by atoms with E-state index in [1.165, 1.54) is 30.6 Å². The fourth-order valence-electron chi connectivity index (χ4n) is 3.65. The highest BCUT2D eigenvalue weighted by atomic mass is 16.5. The van der Waals surface area contributed by atoms with Crippen LogP contribution in [0.4, 0.5) is 0 Å². The Morgan fingerprint density at radius 1 is 1.36 bits per heavy atom. The van der Waals surface area contributed by atoms with Crippen LogP contribution in [-0.4, -0.2) is 39.4 Å². The summed E-state index contributed by atoms with van der Waals surface area (Å²) in [5.74, 6) is 0.581. The van der Waals surface area contributed by atoms with E-state index in [0.29, 0.717) is 24.7 Å². The molecule has 1 atom stereocenters. The van der Waals surface area contributed by atoms with Gasteiger partial charge < -0.3 is 24.3 Å². The summed E-state index contributed by atoms with van der Waals surface area (Å²) in [5.41, 5.74) is 0.529. The molecule has 2 aliphatic heterocycles. The molecule has 2 aliphatic rings. The Balaban J connectivity index is 0.000000167. The van der Waals surface area contributed by atoms with Crippen molar-refractivity contribution < 1.29 is 19.2 Å². The van der Waals surface area contributed by atoms with E-state index in [1.807, 2.05) is 6.92 Å². The lowest BCUT2D eigenvalue weighted by Gasteiger charge is -2.21. The minimum atomic E-state index is -1.04. The molecule has 0 aromatic carbocycles. The molecule has 0 amide bonds. The average Bonchev–Trinajstić information content (AvgIpc) is 3.15. The van der Waals surface area contributed by atoms with Crippen molar-refractivity contribution in [2.24, 2.45) is 0 Å². The van der Waals surface area contributed by atoms with Gasteiger partial charge in [0, 0.05) is 18.3 Å². The van der Waals surface area contributed by atoms with Gasteiger partial charge in [-0.25, -0.2) is 4.79 Å². The van der Waals surface area contributed by atoms with Gasteiger partial charge in [-0.1, -0.05) is 11.6 Å². The zero-order valence-corrected chi connectivity index (χ0v) is 16.2. The lowest BCUT2D eigenvalue weighted by atomic mass is 10.0. The Labute approximate surface area is 162 Å². The van der Waals surface area contributed by atoms with E-state index in [-0.39, 0.29) is 16.9 Å². The fraction of sp³-hybridized carbons (Fsp3) is 0.579. The van der Waals surface area contributed by atoms with Crippen LogP contribution in [0.25, 0.3) is 0 Å². The molecular weight excluding hydrogens is 364 g/mol. The van der Waals surface area contributed by atoms with Crippen molar-refractivity contribution in [3.63, 3.8) is 0 Å². The largest absolute Gasteiger partial charge is 0.496 e. The molecule has 0 radical (unpaired) electrons. The highest BCUT2D eigenvalue weighted by molar-refractivity contribution is 5.92. The zero-order chi connectivity index (χ0) is 20.1. The maximum Gasteiger partial charge on any atom is 0.341 e. The minimum absolute atomic E-state index is 0.127. The monoisotopic (exact) mass is 390 g/mol. The summed E-state index contributed by atoms with van der Waals surface area (Å²) in [7, 11) is 1.38. The van der Waals surface area contributed by atoms with Gasteiger partial charge in [0.15, 0.2) is 5.82 Å². The molecule has 28 heavy (non-hydrogen) atoms. The molecular formula is C19H26N4O5. The molecule has 1 saturated heterocycles. The number of carboxylic acid groups (broad SMARTS) is 1. The number of aromatic nitrogens is 3. The van der Waals surface area contributed by atoms with Gasteiger partial charge >= 0.3 is 5.97 Å². The molecule has 1 fully saturated rings. The molecule has 0 bridgehead atoms. The number of aromatic carboxylic acids is 1. The van der Waals surface area contributed by atoms with Crippen LogP contribution < -0.4 is 15.6 Å². The fourth-order valence-corrected chi connectivity index (χ4v) is 3.65. The Morgan fingerprint density at radius 3 is 2.79 bits per heavy atom. The second-order valence-corrected chi connectivity index (χ2v) is 6.97. The number of piperidine rings is 1. The van der Waals surface area contributed by atoms with Gasteiger partial charge in [-0.2, -0.15) is 4.98 Å². The first-order valence-corrected chi connectivity index (χ1v) is 9.59. The van der Waals surface area contributed by atoms with Gasteiger partial charge in [-0.15, -0.1) is 0 Å². The summed E-state index contributed by atoms with van der Waals surface area (Å²) in [5, 5.41) is 16.3. The van der Waals surface area contributed by atoms with E-state index in [2.05, 4.69) is 15.5 Å². The van der Waals surface area contributed by atoms with E-state index in [4.69, 9.17) is 14.4 Å². The Kier molecular flexibility index (Phi) is 6.45. The van der Waals surface area contributed by atoms with Gasteiger partial charge in [-0.3, -0.25) is 4.79 Å². The lowest BCUT2D eigenvalue weighted by molar-refractivity contribution is 0.0690. The van der Waals surface area contributed by atoms with Crippen LogP contribution in [-0.2, 0) is 13.0 Å². The van der Waals surface area contributed by atoms with Crippen molar-refractivity contribution in [2.75, 3.05) is 13.7 Å². The first-order valence-electron chi connectivity index (χ1n) is 9.59. The summed E-state index contributed by atoms with van der Waals surface area (Å²) in [6.45, 7) is 3.50. The molecule has 0 saturated carbocycles. The van der Waals surface area contributed by atoms with Crippen LogP contribution in [0.2, 0.25) is 0 Å². The summed E-state index contributed by atoms with van der Waals surface area (Å²) >= 11 is 0. The number of methoxy groups -OCH3 is 1. The summed E-state index contributed by atoms with van der Waals surface area (Å²) in [6, 6.07) is 1.54. The molecule has 0 spiro atoms. The van der Waals surface area contributed by atoms with Gasteiger partial charge in [0.2, 0.25) is 5.89 Å². The lowest BCUT2D eigenvalue weighted by Crippen LogP contribution is -2.29. The number of ether oxygens (including phenoxy) is 1. The van der Waals surface area contributed by atoms with Crippen molar-refractivity contribution in [2.45, 2.75) is 58.0 Å². The van der Waals surface area contributed by atoms with Crippen molar-refractivity contribution in [3.05, 3.63) is 39.4 Å². The molecule has 2 N–H and O–H groups in total. The summed E-state index contributed by atoms with van der Waals surface area (Å²) in [6.07, 6.45) is 6.06. The number of carbonyl (C=O) groups is 1. The van der Waals surface area contributed by atoms with Crippen molar-refractivity contribution in [1.82, 2.24) is 20.0 Å². The normalized spacial score (nSPS) is 18.6. The van der Waals surface area contributed by atoms with Crippen molar-refractivity contribution >= 4 is 5.97 Å². The molecule has 4 heterocycles. The molecule has 152 valence electrons. The van der Waals surface area contributed by atoms with Crippen LogP contribution >= 0.6 is 0 Å². The molecule has 2 aromatic rings. The molecule has 2 aromatic heterocycles. The Bertz CT molecular complexity index is 883. The number of fused-ring (bicyclic) bond motifs is 1. The summed E-state index contributed by atoms with van der Waals surface area (Å²) < 4.78 is 11.6. The number of hydrogen-bond donors (Lipinski definition) is 2. The number of aryl methyl sites for hydroxylation is 1. The molecule has 9 nitrogen and oxygen atoms in total. The number of nitrogens with one attached hydrogen (secondary N) is 1. The predicted molar refractivity (Wildman–Crippen MR) is 101 cm³/mol. The second kappa shape index (κ2) is 9.01. The average molecular weight is 390 g/mol. The maximum atomic E-state index is 11.7. The number of rotatable bonds is 3. The van der Waals surface area contributed by atoms with Gasteiger partial charge in [0.1, 0.15) is 11.3 Å². The highest BCUT2D eigenvalue weighted by Crippen LogP contribution is 2.24. The topological polar surface area (TPSA) is 119 Å². The smallest absolute Gasteiger partial charge is 0.341 e. The molecule has 0 aliphatic carbocycles. The predicted octanol–water partition coefficient (Wildman–Crippen LogP) is 2.08. The number of nitrogens with zero attached hydrogens (tertiary/aromatic N) is 3. The first-order chi connectivity index (χ1) is 13.5. The summed E-state index contributed by atoms with van der Waals surface area (Å²) in [4.78, 5) is 27.1. The number of carboxylic acids is 1. The van der Waals surface area contributed by atoms with Gasteiger partial charge in [0.05, 0.1) is 13.2 Å². The van der Waals surface area contributed by atoms with Crippen LogP contribution in [0.15, 0.2) is 15.4 Å². The Hall–Kier alpha value is -2.68. The minimum Gasteiger partial charge on any atom is -0.496 e. The first kappa shape index (κ1) is 20.1. The zero-order valence-electron chi connectivity index (χ0n) is 16.2. The molecule has 9 heteroatoms. The highest BCUT2D eigenvalue weighted by Gasteiger charge is 2.23. The van der Waals surface area contributed by atoms with Crippen molar-refractivity contribution in [1.29, 1.82) is 0 Å². The third-order valence-corrected chi connectivity index (χ3v) is 5.01. The van der Waals surface area contributed by atoms with Crippen LogP contribution in [0.1, 0.15) is 65.9 Å². The Morgan fingerprint density at radius 2 is 2.18 bits per heavy atom. The SMILES string of the molecule is COc1cc(=O)n2c(c1C(=O)O)CCCC2.Cc1noc(C2CCCCN2)n1. The van der Waals surface area contributed by atoms with E-state index in [9.17, 15) is 9.59 Å². The number of hydrogen-bond acceptors (Lipinski definition) is 7.